The number of pyridine rings is 1. The number of hydrogen-bond acceptors (Lipinski definition) is 3. The number of hydrogen-bond donors (Lipinski definition) is 1. The number of carboxylic acid groups (broad SMARTS) is 1. The summed E-state index contributed by atoms with van der Waals surface area (Å²) in [4.78, 5) is 16.7. The van der Waals surface area contributed by atoms with E-state index in [4.69, 9.17) is 16.7 Å². The van der Waals surface area contributed by atoms with Crippen molar-refractivity contribution in [2.45, 2.75) is 13.8 Å². The number of carboxylic acids is 1. The van der Waals surface area contributed by atoms with E-state index in [0.717, 1.165) is 13.1 Å². The van der Waals surface area contributed by atoms with Crippen LogP contribution in [0.1, 0.15) is 24.2 Å². The lowest BCUT2D eigenvalue weighted by Crippen LogP contribution is -2.23. The average Bonchev–Trinajstić information content (AvgIpc) is 2.21. The Labute approximate surface area is 93.5 Å². The van der Waals surface area contributed by atoms with Crippen LogP contribution in [0.3, 0.4) is 0 Å². The van der Waals surface area contributed by atoms with Crippen molar-refractivity contribution in [2.75, 3.05) is 18.0 Å². The molecule has 15 heavy (non-hydrogen) atoms. The number of anilines is 1. The van der Waals surface area contributed by atoms with Crippen molar-refractivity contribution in [3.63, 3.8) is 0 Å². The average molecular weight is 229 g/mol. The monoisotopic (exact) mass is 228 g/mol. The van der Waals surface area contributed by atoms with Gasteiger partial charge in [-0.3, -0.25) is 0 Å². The Bertz CT molecular complexity index is 364. The zero-order chi connectivity index (χ0) is 11.4. The molecule has 0 aliphatic rings. The molecule has 0 aromatic carbocycles. The first-order chi connectivity index (χ1) is 7.10. The Kier molecular flexibility index (Phi) is 3.91. The van der Waals surface area contributed by atoms with Crippen LogP contribution in [0, 0.1) is 0 Å². The lowest BCUT2D eigenvalue weighted by molar-refractivity contribution is 0.0696. The van der Waals surface area contributed by atoms with Gasteiger partial charge in [0.05, 0.1) is 10.6 Å². The van der Waals surface area contributed by atoms with Gasteiger partial charge in [0.2, 0.25) is 0 Å². The summed E-state index contributed by atoms with van der Waals surface area (Å²) in [5, 5.41) is 9.11. The molecule has 0 saturated heterocycles. The summed E-state index contributed by atoms with van der Waals surface area (Å²) in [7, 11) is 0. The topological polar surface area (TPSA) is 53.4 Å². The van der Waals surface area contributed by atoms with Crippen molar-refractivity contribution in [1.29, 1.82) is 0 Å². The van der Waals surface area contributed by atoms with Gasteiger partial charge in [-0.05, 0) is 19.9 Å². The standard InChI is InChI=1S/C10H13ClN2O2/c1-3-13(4-2)9-8(11)5-7(6-12-9)10(14)15/h5-6H,3-4H2,1-2H3,(H,14,15). The molecule has 5 heteroatoms. The first-order valence-electron chi connectivity index (χ1n) is 4.73. The highest BCUT2D eigenvalue weighted by Crippen LogP contribution is 2.23. The van der Waals surface area contributed by atoms with Gasteiger partial charge in [-0.15, -0.1) is 0 Å². The van der Waals surface area contributed by atoms with Crippen molar-refractivity contribution in [3.05, 3.63) is 22.8 Å². The zero-order valence-electron chi connectivity index (χ0n) is 8.70. The molecule has 0 atom stereocenters. The normalized spacial score (nSPS) is 10.1. The molecule has 0 saturated carbocycles. The van der Waals surface area contributed by atoms with E-state index < -0.39 is 5.97 Å². The molecule has 1 aromatic heterocycles. The van der Waals surface area contributed by atoms with E-state index in [1.165, 1.54) is 12.3 Å². The summed E-state index contributed by atoms with van der Waals surface area (Å²) < 4.78 is 0. The summed E-state index contributed by atoms with van der Waals surface area (Å²) in [6.45, 7) is 5.56. The van der Waals surface area contributed by atoms with E-state index >= 15 is 0 Å². The number of aromatic nitrogens is 1. The quantitative estimate of drug-likeness (QED) is 0.859. The molecule has 0 unspecified atom stereocenters. The Morgan fingerprint density at radius 1 is 1.53 bits per heavy atom. The van der Waals surface area contributed by atoms with E-state index in [9.17, 15) is 4.79 Å². The van der Waals surface area contributed by atoms with Gasteiger partial charge in [0.15, 0.2) is 0 Å². The van der Waals surface area contributed by atoms with E-state index in [0.29, 0.717) is 10.8 Å². The van der Waals surface area contributed by atoms with Crippen LogP contribution in [0.25, 0.3) is 0 Å². The van der Waals surface area contributed by atoms with E-state index in [2.05, 4.69) is 4.98 Å². The molecule has 1 rings (SSSR count). The minimum atomic E-state index is -1.02. The number of rotatable bonds is 4. The smallest absolute Gasteiger partial charge is 0.337 e. The summed E-state index contributed by atoms with van der Waals surface area (Å²) >= 11 is 5.96. The molecule has 0 radical (unpaired) electrons. The Hall–Kier alpha value is -1.29. The number of carbonyl (C=O) groups is 1. The molecule has 0 aliphatic heterocycles. The summed E-state index contributed by atoms with van der Waals surface area (Å²) in [6, 6.07) is 1.42. The van der Waals surface area contributed by atoms with Crippen LogP contribution < -0.4 is 4.90 Å². The van der Waals surface area contributed by atoms with Crippen molar-refractivity contribution >= 4 is 23.4 Å². The number of halogens is 1. The largest absolute Gasteiger partial charge is 0.478 e. The van der Waals surface area contributed by atoms with Crippen LogP contribution in [-0.4, -0.2) is 29.1 Å². The van der Waals surface area contributed by atoms with E-state index in [1.807, 2.05) is 18.7 Å². The highest BCUT2D eigenvalue weighted by molar-refractivity contribution is 6.33. The van der Waals surface area contributed by atoms with Crippen LogP contribution in [0.5, 0.6) is 0 Å². The molecule has 0 fully saturated rings. The van der Waals surface area contributed by atoms with Gasteiger partial charge in [0, 0.05) is 19.3 Å². The molecule has 1 heterocycles. The van der Waals surface area contributed by atoms with Gasteiger partial charge in [-0.25, -0.2) is 9.78 Å². The zero-order valence-corrected chi connectivity index (χ0v) is 9.45. The van der Waals surface area contributed by atoms with Crippen LogP contribution in [-0.2, 0) is 0 Å². The molecular weight excluding hydrogens is 216 g/mol. The van der Waals surface area contributed by atoms with E-state index in [-0.39, 0.29) is 5.56 Å². The number of nitrogens with zero attached hydrogens (tertiary/aromatic N) is 2. The van der Waals surface area contributed by atoms with Crippen molar-refractivity contribution in [2.24, 2.45) is 0 Å². The molecule has 4 nitrogen and oxygen atoms in total. The fraction of sp³-hybridized carbons (Fsp3) is 0.400. The van der Waals surface area contributed by atoms with Crippen LogP contribution in [0.2, 0.25) is 5.02 Å². The second-order valence-electron chi connectivity index (χ2n) is 3.01. The Morgan fingerprint density at radius 2 is 2.13 bits per heavy atom. The Balaban J connectivity index is 3.07. The van der Waals surface area contributed by atoms with Crippen molar-refractivity contribution < 1.29 is 9.90 Å². The molecule has 0 spiro atoms. The van der Waals surface area contributed by atoms with Gasteiger partial charge in [0.25, 0.3) is 0 Å². The summed E-state index contributed by atoms with van der Waals surface area (Å²) in [5.74, 6) is -0.387. The second-order valence-corrected chi connectivity index (χ2v) is 3.41. The maximum atomic E-state index is 10.7. The lowest BCUT2D eigenvalue weighted by Gasteiger charge is -2.20. The van der Waals surface area contributed by atoms with Gasteiger partial charge >= 0.3 is 5.97 Å². The maximum absolute atomic E-state index is 10.7. The molecule has 1 N–H and O–H groups in total. The highest BCUT2D eigenvalue weighted by Gasteiger charge is 2.11. The third-order valence-electron chi connectivity index (χ3n) is 2.13. The summed E-state index contributed by atoms with van der Waals surface area (Å²) in [6.07, 6.45) is 1.32. The summed E-state index contributed by atoms with van der Waals surface area (Å²) in [5.41, 5.74) is 0.107. The minimum absolute atomic E-state index is 0.107. The van der Waals surface area contributed by atoms with Gasteiger partial charge in [-0.2, -0.15) is 0 Å². The maximum Gasteiger partial charge on any atom is 0.337 e. The van der Waals surface area contributed by atoms with Gasteiger partial charge < -0.3 is 10.0 Å². The third-order valence-corrected chi connectivity index (χ3v) is 2.41. The SMILES string of the molecule is CCN(CC)c1ncc(C(=O)O)cc1Cl. The fourth-order valence-corrected chi connectivity index (χ4v) is 1.59. The third kappa shape index (κ3) is 2.59. The number of aromatic carboxylic acids is 1. The lowest BCUT2D eigenvalue weighted by atomic mass is 10.3. The Morgan fingerprint density at radius 3 is 2.53 bits per heavy atom. The predicted octanol–water partition coefficient (Wildman–Crippen LogP) is 2.28. The molecule has 82 valence electrons. The van der Waals surface area contributed by atoms with Crippen LogP contribution in [0.4, 0.5) is 5.82 Å². The minimum Gasteiger partial charge on any atom is -0.478 e. The molecule has 0 aliphatic carbocycles. The van der Waals surface area contributed by atoms with Crippen molar-refractivity contribution in [3.8, 4) is 0 Å². The molecular formula is C10H13ClN2O2. The highest BCUT2D eigenvalue weighted by atomic mass is 35.5. The van der Waals surface area contributed by atoms with Crippen molar-refractivity contribution in [1.82, 2.24) is 4.98 Å². The second kappa shape index (κ2) is 4.98. The molecule has 0 amide bonds. The fourth-order valence-electron chi connectivity index (χ4n) is 1.30. The molecule has 0 bridgehead atoms. The predicted molar refractivity (Wildman–Crippen MR) is 59.8 cm³/mol. The molecule has 1 aromatic rings. The van der Waals surface area contributed by atoms with Gasteiger partial charge in [-0.1, -0.05) is 11.6 Å². The first-order valence-corrected chi connectivity index (χ1v) is 5.11. The van der Waals surface area contributed by atoms with Gasteiger partial charge in [0.1, 0.15) is 5.82 Å². The van der Waals surface area contributed by atoms with Crippen LogP contribution in [0.15, 0.2) is 12.3 Å². The first kappa shape index (κ1) is 11.8. The van der Waals surface area contributed by atoms with E-state index in [1.54, 1.807) is 0 Å². The van der Waals surface area contributed by atoms with Crippen LogP contribution >= 0.6 is 11.6 Å².